The third-order valence-corrected chi connectivity index (χ3v) is 4.63. The van der Waals surface area contributed by atoms with E-state index in [2.05, 4.69) is 54.3 Å². The molecule has 2 rings (SSSR count). The van der Waals surface area contributed by atoms with Gasteiger partial charge in [0.1, 0.15) is 0 Å². The summed E-state index contributed by atoms with van der Waals surface area (Å²) in [6, 6.07) is 3.64. The highest BCUT2D eigenvalue weighted by Gasteiger charge is 2.14. The minimum atomic E-state index is -0.168. The molecule has 0 saturated carbocycles. The number of hydrogen-bond donors (Lipinski definition) is 2. The van der Waals surface area contributed by atoms with Crippen molar-refractivity contribution in [2.45, 2.75) is 19.8 Å². The molecule has 2 heterocycles. The number of aromatic nitrogens is 2. The molecule has 0 bridgehead atoms. The molecule has 96 valence electrons. The van der Waals surface area contributed by atoms with Gasteiger partial charge >= 0.3 is 0 Å². The summed E-state index contributed by atoms with van der Waals surface area (Å²) in [6.07, 6.45) is 1.97. The molecule has 0 aliphatic heterocycles. The fourth-order valence-electron chi connectivity index (χ4n) is 1.50. The number of anilines is 1. The van der Waals surface area contributed by atoms with E-state index in [4.69, 9.17) is 0 Å². The molecule has 0 unspecified atom stereocenters. The van der Waals surface area contributed by atoms with Crippen molar-refractivity contribution in [2.75, 3.05) is 5.32 Å². The zero-order chi connectivity index (χ0) is 13.1. The highest BCUT2D eigenvalue weighted by Crippen LogP contribution is 2.32. The quantitative estimate of drug-likeness (QED) is 0.818. The molecule has 18 heavy (non-hydrogen) atoms. The van der Waals surface area contributed by atoms with Crippen LogP contribution in [0.25, 0.3) is 0 Å². The van der Waals surface area contributed by atoms with Gasteiger partial charge in [0.2, 0.25) is 0 Å². The van der Waals surface area contributed by atoms with E-state index in [1.807, 2.05) is 6.07 Å². The second-order valence-electron chi connectivity index (χ2n) is 3.72. The van der Waals surface area contributed by atoms with Gasteiger partial charge in [-0.2, -0.15) is 5.10 Å². The molecule has 0 aliphatic carbocycles. The maximum Gasteiger partial charge on any atom is 0.258 e. The summed E-state index contributed by atoms with van der Waals surface area (Å²) >= 11 is 8.17. The van der Waals surface area contributed by atoms with Crippen molar-refractivity contribution >= 4 is 54.9 Å². The Labute approximate surface area is 125 Å². The Morgan fingerprint density at radius 3 is 2.89 bits per heavy atom. The van der Waals surface area contributed by atoms with E-state index in [-0.39, 0.29) is 5.91 Å². The number of nitrogens with zero attached hydrogens (tertiary/aromatic N) is 1. The number of aromatic amines is 1. The number of halogens is 2. The Hall–Kier alpha value is -0.660. The molecule has 0 radical (unpaired) electrons. The summed E-state index contributed by atoms with van der Waals surface area (Å²) in [4.78, 5) is 12.0. The molecular weight excluding hydrogens is 382 g/mol. The second kappa shape index (κ2) is 5.99. The zero-order valence-electron chi connectivity index (χ0n) is 9.59. The zero-order valence-corrected chi connectivity index (χ0v) is 13.6. The lowest BCUT2D eigenvalue weighted by Crippen LogP contribution is -2.11. The standard InChI is InChI=1S/C11H11Br2N3OS/c1-2-3-6-4-9(16-15-6)14-11(17)7-5-8(12)18-10(7)13/h4-5H,2-3H2,1H3,(H2,14,15,16,17). The SMILES string of the molecule is CCCc1cc(NC(=O)c2cc(Br)sc2Br)n[nH]1. The van der Waals surface area contributed by atoms with Gasteiger partial charge in [0.05, 0.1) is 13.1 Å². The maximum absolute atomic E-state index is 12.0. The number of thiophene rings is 1. The van der Waals surface area contributed by atoms with Crippen molar-refractivity contribution in [3.63, 3.8) is 0 Å². The molecule has 2 aromatic rings. The smallest absolute Gasteiger partial charge is 0.258 e. The normalized spacial score (nSPS) is 10.6. The van der Waals surface area contributed by atoms with Crippen molar-refractivity contribution in [3.05, 3.63) is 31.0 Å². The summed E-state index contributed by atoms with van der Waals surface area (Å²) in [5.74, 6) is 0.385. The van der Waals surface area contributed by atoms with E-state index >= 15 is 0 Å². The van der Waals surface area contributed by atoms with Crippen molar-refractivity contribution in [1.29, 1.82) is 0 Å². The van der Waals surface area contributed by atoms with Gasteiger partial charge in [-0.3, -0.25) is 9.89 Å². The first-order valence-corrected chi connectivity index (χ1v) is 7.81. The van der Waals surface area contributed by atoms with E-state index in [0.717, 1.165) is 26.1 Å². The van der Waals surface area contributed by atoms with Gasteiger partial charge in [-0.25, -0.2) is 0 Å². The van der Waals surface area contributed by atoms with Crippen LogP contribution in [0.5, 0.6) is 0 Å². The van der Waals surface area contributed by atoms with Crippen LogP contribution in [-0.2, 0) is 6.42 Å². The van der Waals surface area contributed by atoms with Gasteiger partial charge in [-0.05, 0) is 44.3 Å². The maximum atomic E-state index is 12.0. The average molecular weight is 393 g/mol. The average Bonchev–Trinajstić information content (AvgIpc) is 2.86. The van der Waals surface area contributed by atoms with Crippen LogP contribution < -0.4 is 5.32 Å². The van der Waals surface area contributed by atoms with Crippen LogP contribution in [0.3, 0.4) is 0 Å². The summed E-state index contributed by atoms with van der Waals surface area (Å²) in [5.41, 5.74) is 1.63. The van der Waals surface area contributed by atoms with Crippen LogP contribution in [0.15, 0.2) is 19.7 Å². The third kappa shape index (κ3) is 3.21. The lowest BCUT2D eigenvalue weighted by atomic mass is 10.2. The second-order valence-corrected chi connectivity index (χ2v) is 7.47. The van der Waals surface area contributed by atoms with E-state index in [1.165, 1.54) is 11.3 Å². The predicted octanol–water partition coefficient (Wildman–Crippen LogP) is 4.20. The topological polar surface area (TPSA) is 57.8 Å². The number of nitrogens with one attached hydrogen (secondary N) is 2. The lowest BCUT2D eigenvalue weighted by molar-refractivity contribution is 0.102. The van der Waals surface area contributed by atoms with Gasteiger partial charge in [-0.15, -0.1) is 11.3 Å². The number of carbonyl (C=O) groups is 1. The van der Waals surface area contributed by atoms with Crippen LogP contribution >= 0.6 is 43.2 Å². The molecule has 0 fully saturated rings. The number of amides is 1. The van der Waals surface area contributed by atoms with E-state index < -0.39 is 0 Å². The Morgan fingerprint density at radius 2 is 2.28 bits per heavy atom. The molecule has 0 saturated heterocycles. The Morgan fingerprint density at radius 1 is 1.50 bits per heavy atom. The van der Waals surface area contributed by atoms with Crippen molar-refractivity contribution in [3.8, 4) is 0 Å². The minimum Gasteiger partial charge on any atom is -0.305 e. The summed E-state index contributed by atoms with van der Waals surface area (Å²) in [6.45, 7) is 2.10. The number of carbonyl (C=O) groups excluding carboxylic acids is 1. The third-order valence-electron chi connectivity index (χ3n) is 2.29. The number of aryl methyl sites for hydroxylation is 1. The molecule has 0 aliphatic rings. The Balaban J connectivity index is 2.08. The van der Waals surface area contributed by atoms with Crippen molar-refractivity contribution < 1.29 is 4.79 Å². The molecule has 7 heteroatoms. The molecule has 4 nitrogen and oxygen atoms in total. The minimum absolute atomic E-state index is 0.168. The van der Waals surface area contributed by atoms with Crippen molar-refractivity contribution in [2.24, 2.45) is 0 Å². The first-order chi connectivity index (χ1) is 8.60. The fourth-order valence-corrected chi connectivity index (χ4v) is 4.30. The monoisotopic (exact) mass is 391 g/mol. The first kappa shape index (κ1) is 13.8. The highest BCUT2D eigenvalue weighted by atomic mass is 79.9. The number of hydrogen-bond acceptors (Lipinski definition) is 3. The van der Waals surface area contributed by atoms with Crippen LogP contribution in [0.4, 0.5) is 5.82 Å². The Kier molecular flexibility index (Phi) is 4.58. The largest absolute Gasteiger partial charge is 0.305 e. The van der Waals surface area contributed by atoms with Crippen LogP contribution in [0.2, 0.25) is 0 Å². The van der Waals surface area contributed by atoms with Gasteiger partial charge in [0, 0.05) is 11.8 Å². The van der Waals surface area contributed by atoms with Gasteiger partial charge < -0.3 is 5.32 Å². The van der Waals surface area contributed by atoms with Crippen LogP contribution in [-0.4, -0.2) is 16.1 Å². The molecule has 2 aromatic heterocycles. The fraction of sp³-hybridized carbons (Fsp3) is 0.273. The molecule has 0 aromatic carbocycles. The van der Waals surface area contributed by atoms with Gasteiger partial charge in [0.15, 0.2) is 5.82 Å². The molecule has 0 spiro atoms. The molecule has 1 amide bonds. The molecule has 2 N–H and O–H groups in total. The highest BCUT2D eigenvalue weighted by molar-refractivity contribution is 9.12. The number of H-pyrrole nitrogens is 1. The molecule has 0 atom stereocenters. The lowest BCUT2D eigenvalue weighted by Gasteiger charge is -1.99. The summed E-state index contributed by atoms with van der Waals surface area (Å²) < 4.78 is 1.71. The van der Waals surface area contributed by atoms with Crippen molar-refractivity contribution in [1.82, 2.24) is 10.2 Å². The van der Waals surface area contributed by atoms with E-state index in [9.17, 15) is 4.79 Å². The van der Waals surface area contributed by atoms with E-state index in [1.54, 1.807) is 6.07 Å². The first-order valence-electron chi connectivity index (χ1n) is 5.40. The summed E-state index contributed by atoms with van der Waals surface area (Å²) in [7, 11) is 0. The molecular formula is C11H11Br2N3OS. The summed E-state index contributed by atoms with van der Waals surface area (Å²) in [5, 5.41) is 9.72. The predicted molar refractivity (Wildman–Crippen MR) is 80.3 cm³/mol. The van der Waals surface area contributed by atoms with Crippen LogP contribution in [0, 0.1) is 0 Å². The van der Waals surface area contributed by atoms with Crippen LogP contribution in [0.1, 0.15) is 29.4 Å². The van der Waals surface area contributed by atoms with Gasteiger partial charge in [0.25, 0.3) is 5.91 Å². The number of rotatable bonds is 4. The van der Waals surface area contributed by atoms with Gasteiger partial charge in [-0.1, -0.05) is 13.3 Å². The van der Waals surface area contributed by atoms with E-state index in [0.29, 0.717) is 11.4 Å². The Bertz CT molecular complexity index is 564.